The van der Waals surface area contributed by atoms with Crippen LogP contribution in [-0.4, -0.2) is 0 Å². The van der Waals surface area contributed by atoms with Crippen LogP contribution in [0.5, 0.6) is 0 Å². The number of rotatable bonds is 7. The first kappa shape index (κ1) is 20.5. The summed E-state index contributed by atoms with van der Waals surface area (Å²) in [5.74, 6) is 7.57. The summed E-state index contributed by atoms with van der Waals surface area (Å²) in [6.45, 7) is 2.18. The second-order valence-corrected chi connectivity index (χ2v) is 8.10. The summed E-state index contributed by atoms with van der Waals surface area (Å²) >= 11 is 0. The molecular weight excluding hydrogens is 336 g/mol. The fraction of sp³-hybridized carbons (Fsp3) is 0.429. The highest BCUT2D eigenvalue weighted by Crippen LogP contribution is 2.27. The van der Waals surface area contributed by atoms with Crippen LogP contribution in [0.1, 0.15) is 80.5 Å². The van der Waals surface area contributed by atoms with Crippen molar-refractivity contribution in [1.29, 1.82) is 0 Å². The Kier molecular flexibility index (Phi) is 8.45. The lowest BCUT2D eigenvalue weighted by Crippen LogP contribution is -2.07. The summed E-state index contributed by atoms with van der Waals surface area (Å²) in [5, 5.41) is 0. The third kappa shape index (κ3) is 7.05. The van der Waals surface area contributed by atoms with Crippen LogP contribution in [0.25, 0.3) is 0 Å². The van der Waals surface area contributed by atoms with E-state index in [0.717, 1.165) is 36.3 Å². The van der Waals surface area contributed by atoms with E-state index in [1.807, 2.05) is 0 Å². The molecule has 3 rings (SSSR count). The predicted molar refractivity (Wildman–Crippen MR) is 122 cm³/mol. The van der Waals surface area contributed by atoms with Crippen molar-refractivity contribution >= 4 is 0 Å². The molecule has 0 radical (unpaired) electrons. The molecule has 0 unspecified atom stereocenters. The lowest BCUT2D eigenvalue weighted by molar-refractivity contribution is 0.339. The standard InChI is InChI=1S/C28H34/c1-2-3-4-6-11-25-13-16-27(17-14-25)20-23-28-21-18-26(19-22-28)15-12-24-9-7-5-8-10-24/h3-4,13-14,16-19,21-22,24H,2,5-12,15H2,1H3/b4-3+. The first-order valence-corrected chi connectivity index (χ1v) is 11.2. The van der Waals surface area contributed by atoms with Crippen LogP contribution in [0.3, 0.4) is 0 Å². The maximum atomic E-state index is 3.31. The molecule has 1 aliphatic rings. The zero-order chi connectivity index (χ0) is 19.4. The molecule has 146 valence electrons. The molecule has 2 aromatic carbocycles. The quantitative estimate of drug-likeness (QED) is 0.350. The second-order valence-electron chi connectivity index (χ2n) is 8.10. The summed E-state index contributed by atoms with van der Waals surface area (Å²) in [4.78, 5) is 0. The topological polar surface area (TPSA) is 0 Å². The van der Waals surface area contributed by atoms with E-state index in [0.29, 0.717) is 0 Å². The van der Waals surface area contributed by atoms with E-state index in [9.17, 15) is 0 Å². The van der Waals surface area contributed by atoms with Crippen LogP contribution in [0.2, 0.25) is 0 Å². The average Bonchev–Trinajstić information content (AvgIpc) is 2.76. The van der Waals surface area contributed by atoms with Crippen molar-refractivity contribution in [3.05, 3.63) is 82.9 Å². The van der Waals surface area contributed by atoms with Gasteiger partial charge in [0.25, 0.3) is 0 Å². The maximum absolute atomic E-state index is 3.31. The Morgan fingerprint density at radius 3 is 1.89 bits per heavy atom. The Labute approximate surface area is 172 Å². The average molecular weight is 371 g/mol. The van der Waals surface area contributed by atoms with E-state index in [1.54, 1.807) is 0 Å². The normalized spacial score (nSPS) is 14.8. The van der Waals surface area contributed by atoms with Crippen LogP contribution in [0, 0.1) is 17.8 Å². The molecule has 0 N–H and O–H groups in total. The zero-order valence-electron chi connectivity index (χ0n) is 17.4. The lowest BCUT2D eigenvalue weighted by Gasteiger charge is -2.21. The van der Waals surface area contributed by atoms with Gasteiger partial charge in [-0.2, -0.15) is 0 Å². The molecule has 0 heterocycles. The van der Waals surface area contributed by atoms with Gasteiger partial charge in [0.1, 0.15) is 0 Å². The summed E-state index contributed by atoms with van der Waals surface area (Å²) in [6, 6.07) is 17.6. The van der Waals surface area contributed by atoms with Crippen molar-refractivity contribution in [2.75, 3.05) is 0 Å². The van der Waals surface area contributed by atoms with Gasteiger partial charge >= 0.3 is 0 Å². The van der Waals surface area contributed by atoms with Crippen LogP contribution in [0.4, 0.5) is 0 Å². The van der Waals surface area contributed by atoms with E-state index in [2.05, 4.69) is 79.4 Å². The fourth-order valence-electron chi connectivity index (χ4n) is 4.03. The minimum absolute atomic E-state index is 0.957. The van der Waals surface area contributed by atoms with Gasteiger partial charge in [0.05, 0.1) is 0 Å². The van der Waals surface area contributed by atoms with Gasteiger partial charge in [0, 0.05) is 11.1 Å². The molecule has 0 aliphatic heterocycles. The first-order valence-electron chi connectivity index (χ1n) is 11.2. The predicted octanol–water partition coefficient (Wildman–Crippen LogP) is 7.50. The van der Waals surface area contributed by atoms with Crippen molar-refractivity contribution in [3.8, 4) is 11.8 Å². The lowest BCUT2D eigenvalue weighted by atomic mass is 9.85. The molecule has 0 heteroatoms. The molecule has 2 aromatic rings. The number of hydrogen-bond donors (Lipinski definition) is 0. The number of allylic oxidation sites excluding steroid dienone is 2. The van der Waals surface area contributed by atoms with Gasteiger partial charge in [-0.15, -0.1) is 0 Å². The second kappa shape index (κ2) is 11.6. The maximum Gasteiger partial charge on any atom is 0.0249 e. The first-order chi connectivity index (χ1) is 13.8. The van der Waals surface area contributed by atoms with Crippen molar-refractivity contribution in [3.63, 3.8) is 0 Å². The van der Waals surface area contributed by atoms with E-state index >= 15 is 0 Å². The molecule has 28 heavy (non-hydrogen) atoms. The highest BCUT2D eigenvalue weighted by atomic mass is 14.2. The van der Waals surface area contributed by atoms with Gasteiger partial charge in [-0.25, -0.2) is 0 Å². The van der Waals surface area contributed by atoms with Crippen LogP contribution >= 0.6 is 0 Å². The molecule has 0 spiro atoms. The largest absolute Gasteiger partial charge is 0.0888 e. The summed E-state index contributed by atoms with van der Waals surface area (Å²) in [5.41, 5.74) is 5.04. The molecule has 0 bridgehead atoms. The van der Waals surface area contributed by atoms with E-state index < -0.39 is 0 Å². The monoisotopic (exact) mass is 370 g/mol. The fourth-order valence-corrected chi connectivity index (χ4v) is 4.03. The number of hydrogen-bond acceptors (Lipinski definition) is 0. The van der Waals surface area contributed by atoms with Gasteiger partial charge in [-0.1, -0.05) is 87.3 Å². The Morgan fingerprint density at radius 1 is 0.750 bits per heavy atom. The summed E-state index contributed by atoms with van der Waals surface area (Å²) < 4.78 is 0. The van der Waals surface area contributed by atoms with Crippen LogP contribution in [0.15, 0.2) is 60.7 Å². The zero-order valence-corrected chi connectivity index (χ0v) is 17.4. The Hall–Kier alpha value is -2.26. The molecule has 1 saturated carbocycles. The minimum Gasteiger partial charge on any atom is -0.0888 e. The molecule has 1 aliphatic carbocycles. The Bertz CT molecular complexity index is 775. The molecule has 0 atom stereocenters. The molecule has 1 fully saturated rings. The van der Waals surface area contributed by atoms with Crippen molar-refractivity contribution in [2.24, 2.45) is 5.92 Å². The van der Waals surface area contributed by atoms with E-state index in [1.165, 1.54) is 56.1 Å². The van der Waals surface area contributed by atoms with Gasteiger partial charge in [-0.3, -0.25) is 0 Å². The highest BCUT2D eigenvalue weighted by Gasteiger charge is 2.12. The molecule has 0 saturated heterocycles. The van der Waals surface area contributed by atoms with E-state index in [-0.39, 0.29) is 0 Å². The van der Waals surface area contributed by atoms with Gasteiger partial charge in [-0.05, 0) is 73.4 Å². The van der Waals surface area contributed by atoms with Crippen molar-refractivity contribution in [2.45, 2.75) is 71.1 Å². The van der Waals surface area contributed by atoms with Crippen molar-refractivity contribution in [1.82, 2.24) is 0 Å². The molecular formula is C28H34. The smallest absolute Gasteiger partial charge is 0.0249 e. The summed E-state index contributed by atoms with van der Waals surface area (Å²) in [7, 11) is 0. The number of benzene rings is 2. The Balaban J connectivity index is 1.48. The molecule has 0 nitrogen and oxygen atoms in total. The van der Waals surface area contributed by atoms with E-state index in [4.69, 9.17) is 0 Å². The van der Waals surface area contributed by atoms with Gasteiger partial charge in [0.2, 0.25) is 0 Å². The molecule has 0 aromatic heterocycles. The number of aryl methyl sites for hydroxylation is 2. The third-order valence-corrected chi connectivity index (χ3v) is 5.83. The van der Waals surface area contributed by atoms with Gasteiger partial charge in [0.15, 0.2) is 0 Å². The SMILES string of the molecule is CC/C=C/CCc1ccc(C#Cc2ccc(CCC3CCCCC3)cc2)cc1. The Morgan fingerprint density at radius 2 is 1.32 bits per heavy atom. The summed E-state index contributed by atoms with van der Waals surface area (Å²) in [6.07, 6.45) is 17.6. The van der Waals surface area contributed by atoms with Gasteiger partial charge < -0.3 is 0 Å². The third-order valence-electron chi connectivity index (χ3n) is 5.83. The van der Waals surface area contributed by atoms with Crippen LogP contribution < -0.4 is 0 Å². The van der Waals surface area contributed by atoms with Crippen molar-refractivity contribution < 1.29 is 0 Å². The highest BCUT2D eigenvalue weighted by molar-refractivity contribution is 5.44. The molecule has 0 amide bonds. The minimum atomic E-state index is 0.957. The van der Waals surface area contributed by atoms with Crippen LogP contribution in [-0.2, 0) is 12.8 Å².